The van der Waals surface area contributed by atoms with Crippen LogP contribution in [0.2, 0.25) is 0 Å². The van der Waals surface area contributed by atoms with Crippen LogP contribution in [0.1, 0.15) is 73.6 Å². The molecule has 1 unspecified atom stereocenters. The summed E-state index contributed by atoms with van der Waals surface area (Å²) in [4.78, 5) is 37.2. The van der Waals surface area contributed by atoms with E-state index in [2.05, 4.69) is 6.92 Å². The number of esters is 1. The molecule has 160 valence electrons. The number of hydrazine groups is 1. The Balaban J connectivity index is 3.12. The Morgan fingerprint density at radius 1 is 0.964 bits per heavy atom. The summed E-state index contributed by atoms with van der Waals surface area (Å²) in [6.07, 6.45) is 3.82. The molecule has 1 rings (SSSR count). The number of unbranched alkanes of at least 4 members (excludes halogenated alkanes) is 3. The molecule has 1 fully saturated rings. The predicted molar refractivity (Wildman–Crippen MR) is 104 cm³/mol. The van der Waals surface area contributed by atoms with Crippen molar-refractivity contribution in [1.82, 2.24) is 10.0 Å². The van der Waals surface area contributed by atoms with E-state index >= 15 is 0 Å². The highest BCUT2D eigenvalue weighted by Crippen LogP contribution is 2.36. The molecule has 0 radical (unpaired) electrons. The van der Waals surface area contributed by atoms with Gasteiger partial charge in [-0.2, -0.15) is 10.0 Å². The fourth-order valence-electron chi connectivity index (χ4n) is 2.88. The molecular formula is C20H34N2O6. The molecule has 0 spiro atoms. The number of ether oxygens (including phenoxy) is 3. The van der Waals surface area contributed by atoms with Gasteiger partial charge in [-0.3, -0.25) is 0 Å². The summed E-state index contributed by atoms with van der Waals surface area (Å²) in [6, 6.07) is -0.438. The van der Waals surface area contributed by atoms with Crippen molar-refractivity contribution in [2.45, 2.75) is 91.9 Å². The summed E-state index contributed by atoms with van der Waals surface area (Å²) >= 11 is 0. The highest BCUT2D eigenvalue weighted by molar-refractivity contribution is 5.87. The summed E-state index contributed by atoms with van der Waals surface area (Å²) in [5, 5.41) is 2.31. The zero-order valence-corrected chi connectivity index (χ0v) is 17.9. The van der Waals surface area contributed by atoms with Crippen LogP contribution in [0.15, 0.2) is 11.8 Å². The van der Waals surface area contributed by atoms with Gasteiger partial charge in [0.2, 0.25) is 0 Å². The van der Waals surface area contributed by atoms with Gasteiger partial charge < -0.3 is 14.2 Å². The summed E-state index contributed by atoms with van der Waals surface area (Å²) in [6.45, 7) is 10.9. The Kier molecular flexibility index (Phi) is 9.82. The summed E-state index contributed by atoms with van der Waals surface area (Å²) < 4.78 is 15.5. The topological polar surface area (TPSA) is 85.4 Å². The van der Waals surface area contributed by atoms with Gasteiger partial charge in [0, 0.05) is 6.08 Å². The van der Waals surface area contributed by atoms with E-state index in [0.717, 1.165) is 30.7 Å². The van der Waals surface area contributed by atoms with Gasteiger partial charge in [0.25, 0.3) is 0 Å². The third-order valence-electron chi connectivity index (χ3n) is 4.01. The standard InChI is InChI=1S/C20H34N2O6/c1-7-9-10-11-12-16-17(13-18(23)26-8-2)22(20(25)28-15(5)6)21(16)19(24)27-14(3)4/h13-16H,7-12H2,1-6H3/b17-13+. The van der Waals surface area contributed by atoms with Crippen molar-refractivity contribution < 1.29 is 28.6 Å². The van der Waals surface area contributed by atoms with E-state index in [1.807, 2.05) is 0 Å². The first-order chi connectivity index (χ1) is 13.2. The Morgan fingerprint density at radius 3 is 2.11 bits per heavy atom. The van der Waals surface area contributed by atoms with Crippen LogP contribution in [0.25, 0.3) is 0 Å². The average molecular weight is 399 g/mol. The molecule has 0 aromatic carbocycles. The van der Waals surface area contributed by atoms with Crippen LogP contribution in [-0.4, -0.2) is 53.0 Å². The maximum absolute atomic E-state index is 12.6. The lowest BCUT2D eigenvalue weighted by molar-refractivity contribution is -0.138. The number of nitrogens with zero attached hydrogens (tertiary/aromatic N) is 2. The van der Waals surface area contributed by atoms with E-state index in [1.54, 1.807) is 34.6 Å². The maximum atomic E-state index is 12.6. The van der Waals surface area contributed by atoms with Gasteiger partial charge in [-0.25, -0.2) is 14.4 Å². The van der Waals surface area contributed by atoms with Crippen molar-refractivity contribution in [3.63, 3.8) is 0 Å². The van der Waals surface area contributed by atoms with E-state index in [4.69, 9.17) is 14.2 Å². The number of rotatable bonds is 9. The van der Waals surface area contributed by atoms with Crippen molar-refractivity contribution in [2.24, 2.45) is 0 Å². The highest BCUT2D eigenvalue weighted by Gasteiger charge is 2.50. The third kappa shape index (κ3) is 6.73. The molecule has 0 saturated carbocycles. The summed E-state index contributed by atoms with van der Waals surface area (Å²) in [7, 11) is 0. The molecule has 0 aromatic rings. The minimum Gasteiger partial charge on any atom is -0.463 e. The van der Waals surface area contributed by atoms with Crippen LogP contribution in [0.3, 0.4) is 0 Å². The average Bonchev–Trinajstić information content (AvgIpc) is 2.56. The van der Waals surface area contributed by atoms with E-state index in [1.165, 1.54) is 11.1 Å². The molecule has 0 N–H and O–H groups in total. The minimum atomic E-state index is -0.726. The van der Waals surface area contributed by atoms with Gasteiger partial charge in [-0.15, -0.1) is 0 Å². The molecule has 0 bridgehead atoms. The van der Waals surface area contributed by atoms with Gasteiger partial charge in [-0.1, -0.05) is 32.6 Å². The van der Waals surface area contributed by atoms with Gasteiger partial charge >= 0.3 is 18.2 Å². The molecule has 8 heteroatoms. The van der Waals surface area contributed by atoms with E-state index < -0.39 is 24.2 Å². The smallest absolute Gasteiger partial charge is 0.433 e. The first-order valence-corrected chi connectivity index (χ1v) is 10.1. The number of carbonyl (C=O) groups excluding carboxylic acids is 3. The lowest BCUT2D eigenvalue weighted by atomic mass is 9.99. The molecule has 1 atom stereocenters. The number of carbonyl (C=O) groups is 3. The molecular weight excluding hydrogens is 364 g/mol. The highest BCUT2D eigenvalue weighted by atomic mass is 16.6. The lowest BCUT2D eigenvalue weighted by Crippen LogP contribution is -2.67. The van der Waals surface area contributed by atoms with Gasteiger partial charge in [0.15, 0.2) is 0 Å². The van der Waals surface area contributed by atoms with Crippen molar-refractivity contribution in [2.75, 3.05) is 6.61 Å². The summed E-state index contributed by atoms with van der Waals surface area (Å²) in [5.74, 6) is -0.560. The van der Waals surface area contributed by atoms with Crippen molar-refractivity contribution in [3.05, 3.63) is 11.8 Å². The molecule has 1 aliphatic rings. The molecule has 1 saturated heterocycles. The quantitative estimate of drug-likeness (QED) is 0.248. The number of hydrogen-bond donors (Lipinski definition) is 0. The van der Waals surface area contributed by atoms with Crippen molar-refractivity contribution in [3.8, 4) is 0 Å². The Hall–Kier alpha value is -2.25. The van der Waals surface area contributed by atoms with Crippen LogP contribution < -0.4 is 0 Å². The summed E-state index contributed by atoms with van der Waals surface area (Å²) in [5.41, 5.74) is 0.390. The van der Waals surface area contributed by atoms with E-state index in [9.17, 15) is 14.4 Å². The first kappa shape index (κ1) is 23.8. The molecule has 8 nitrogen and oxygen atoms in total. The maximum Gasteiger partial charge on any atom is 0.433 e. The van der Waals surface area contributed by atoms with E-state index in [-0.39, 0.29) is 18.8 Å². The molecule has 2 amide bonds. The van der Waals surface area contributed by atoms with Gasteiger partial charge in [-0.05, 0) is 41.0 Å². The second-order valence-electron chi connectivity index (χ2n) is 7.21. The lowest BCUT2D eigenvalue weighted by Gasteiger charge is -2.50. The Bertz CT molecular complexity index is 573. The van der Waals surface area contributed by atoms with Crippen molar-refractivity contribution in [1.29, 1.82) is 0 Å². The van der Waals surface area contributed by atoms with Crippen LogP contribution in [0.4, 0.5) is 9.59 Å². The minimum absolute atomic E-state index is 0.222. The van der Waals surface area contributed by atoms with Crippen molar-refractivity contribution >= 4 is 18.2 Å². The number of amides is 2. The molecule has 1 heterocycles. The van der Waals surface area contributed by atoms with Gasteiger partial charge in [0.05, 0.1) is 24.5 Å². The zero-order valence-electron chi connectivity index (χ0n) is 17.9. The fraction of sp³-hybridized carbons (Fsp3) is 0.750. The monoisotopic (exact) mass is 398 g/mol. The van der Waals surface area contributed by atoms with Crippen LogP contribution in [0.5, 0.6) is 0 Å². The normalized spacial score (nSPS) is 17.7. The SMILES string of the molecule is CCCCCCC1/C(=C\C(=O)OCC)N(C(=O)OC(C)C)N1C(=O)OC(C)C. The van der Waals surface area contributed by atoms with Gasteiger partial charge in [0.1, 0.15) is 6.04 Å². The Morgan fingerprint density at radius 2 is 1.57 bits per heavy atom. The molecule has 0 aromatic heterocycles. The van der Waals surface area contributed by atoms with E-state index in [0.29, 0.717) is 12.1 Å². The zero-order chi connectivity index (χ0) is 21.3. The fourth-order valence-corrected chi connectivity index (χ4v) is 2.88. The molecule has 0 aliphatic carbocycles. The van der Waals surface area contributed by atoms with Crippen LogP contribution in [-0.2, 0) is 19.0 Å². The second kappa shape index (κ2) is 11.6. The number of hydrogen-bond acceptors (Lipinski definition) is 6. The second-order valence-corrected chi connectivity index (χ2v) is 7.21. The Labute approximate surface area is 167 Å². The third-order valence-corrected chi connectivity index (χ3v) is 4.01. The van der Waals surface area contributed by atoms with Crippen LogP contribution >= 0.6 is 0 Å². The largest absolute Gasteiger partial charge is 0.463 e. The first-order valence-electron chi connectivity index (χ1n) is 10.1. The predicted octanol–water partition coefficient (Wildman–Crippen LogP) is 4.40. The van der Waals surface area contributed by atoms with Crippen LogP contribution in [0, 0.1) is 0 Å². The molecule has 1 aliphatic heterocycles. The molecule has 28 heavy (non-hydrogen) atoms.